The average molecular weight is 458 g/mol. The molecule has 2 fully saturated rings. The van der Waals surface area contributed by atoms with Gasteiger partial charge in [0.25, 0.3) is 0 Å². The predicted octanol–water partition coefficient (Wildman–Crippen LogP) is 3.57. The van der Waals surface area contributed by atoms with E-state index in [-0.39, 0.29) is 23.8 Å². The molecule has 1 unspecified atom stereocenters. The van der Waals surface area contributed by atoms with Gasteiger partial charge in [0.2, 0.25) is 5.78 Å². The van der Waals surface area contributed by atoms with Crippen molar-refractivity contribution in [3.05, 3.63) is 59.7 Å². The Morgan fingerprint density at radius 2 is 1.97 bits per heavy atom. The minimum absolute atomic E-state index is 0.0621. The van der Waals surface area contributed by atoms with Gasteiger partial charge < -0.3 is 24.4 Å². The lowest BCUT2D eigenvalue weighted by atomic mass is 9.91. The number of nitrogens with one attached hydrogen (secondary N) is 1. The molecular formula is C24H24F2N2O5. The smallest absolute Gasteiger partial charge is 0.387 e. The lowest BCUT2D eigenvalue weighted by molar-refractivity contribution is -0.0528. The van der Waals surface area contributed by atoms with Crippen molar-refractivity contribution in [1.29, 1.82) is 0 Å². The van der Waals surface area contributed by atoms with Gasteiger partial charge in [-0.25, -0.2) is 0 Å². The second kappa shape index (κ2) is 8.72. The van der Waals surface area contributed by atoms with E-state index in [0.29, 0.717) is 49.4 Å². The van der Waals surface area contributed by atoms with Crippen LogP contribution in [-0.2, 0) is 9.57 Å². The summed E-state index contributed by atoms with van der Waals surface area (Å²) < 4.78 is 42.6. The van der Waals surface area contributed by atoms with Crippen LogP contribution in [-0.4, -0.2) is 55.6 Å². The number of alkyl halides is 2. The molecule has 0 aromatic heterocycles. The van der Waals surface area contributed by atoms with E-state index < -0.39 is 17.8 Å². The van der Waals surface area contributed by atoms with Gasteiger partial charge in [-0.05, 0) is 24.7 Å². The number of rotatable bonds is 7. The molecule has 2 atom stereocenters. The van der Waals surface area contributed by atoms with E-state index in [4.69, 9.17) is 19.0 Å². The Kier molecular flexibility index (Phi) is 5.76. The van der Waals surface area contributed by atoms with Gasteiger partial charge in [0.05, 0.1) is 18.9 Å². The summed E-state index contributed by atoms with van der Waals surface area (Å²) in [6.45, 7) is -1.16. The minimum Gasteiger partial charge on any atom is -0.474 e. The van der Waals surface area contributed by atoms with E-state index in [9.17, 15) is 13.6 Å². The second-order valence-electron chi connectivity index (χ2n) is 8.55. The molecule has 1 spiro atoms. The summed E-state index contributed by atoms with van der Waals surface area (Å²) >= 11 is 0. The Labute approximate surface area is 189 Å². The van der Waals surface area contributed by atoms with Crippen LogP contribution in [0.15, 0.2) is 53.7 Å². The van der Waals surface area contributed by atoms with Gasteiger partial charge in [-0.3, -0.25) is 4.79 Å². The zero-order chi connectivity index (χ0) is 22.9. The van der Waals surface area contributed by atoms with Gasteiger partial charge >= 0.3 is 6.61 Å². The van der Waals surface area contributed by atoms with Crippen LogP contribution in [0.5, 0.6) is 11.5 Å². The summed E-state index contributed by atoms with van der Waals surface area (Å²) in [4.78, 5) is 19.1. The van der Waals surface area contributed by atoms with E-state index in [1.807, 2.05) is 6.07 Å². The minimum atomic E-state index is -3.04. The molecule has 5 rings (SSSR count). The Morgan fingerprint density at radius 3 is 2.67 bits per heavy atom. The number of ketones is 1. The maximum Gasteiger partial charge on any atom is 0.387 e. The normalized spacial score (nSPS) is 26.5. The number of halogens is 2. The van der Waals surface area contributed by atoms with Gasteiger partial charge in [-0.2, -0.15) is 8.78 Å². The van der Waals surface area contributed by atoms with Gasteiger partial charge in [-0.1, -0.05) is 35.5 Å². The average Bonchev–Trinajstić information content (AvgIpc) is 3.58. The van der Waals surface area contributed by atoms with E-state index in [0.717, 1.165) is 6.42 Å². The lowest BCUT2D eigenvalue weighted by Crippen LogP contribution is -2.46. The van der Waals surface area contributed by atoms with Crippen LogP contribution < -0.4 is 14.8 Å². The van der Waals surface area contributed by atoms with E-state index in [1.54, 1.807) is 36.4 Å². The molecule has 2 aromatic rings. The Bertz CT molecular complexity index is 1050. The molecule has 0 saturated carbocycles. The highest BCUT2D eigenvalue weighted by molar-refractivity contribution is 6.04. The zero-order valence-electron chi connectivity index (χ0n) is 17.9. The van der Waals surface area contributed by atoms with Crippen molar-refractivity contribution in [2.45, 2.75) is 37.1 Å². The molecule has 33 heavy (non-hydrogen) atoms. The Hall–Kier alpha value is -3.04. The summed E-state index contributed by atoms with van der Waals surface area (Å²) in [5.41, 5.74) is 0.0966. The zero-order valence-corrected chi connectivity index (χ0v) is 17.9. The molecule has 1 N–H and O–H groups in total. The van der Waals surface area contributed by atoms with Crippen LogP contribution >= 0.6 is 0 Å². The second-order valence-corrected chi connectivity index (χ2v) is 8.55. The van der Waals surface area contributed by atoms with Gasteiger partial charge in [0, 0.05) is 36.9 Å². The predicted molar refractivity (Wildman–Crippen MR) is 115 cm³/mol. The fourth-order valence-corrected chi connectivity index (χ4v) is 4.50. The fourth-order valence-electron chi connectivity index (χ4n) is 4.50. The van der Waals surface area contributed by atoms with Crippen molar-refractivity contribution in [2.24, 2.45) is 5.16 Å². The summed E-state index contributed by atoms with van der Waals surface area (Å²) in [5, 5.41) is 7.37. The summed E-state index contributed by atoms with van der Waals surface area (Å²) in [6, 6.07) is 13.4. The van der Waals surface area contributed by atoms with Gasteiger partial charge in [0.15, 0.2) is 22.7 Å². The molecule has 0 amide bonds. The first-order valence-electron chi connectivity index (χ1n) is 10.9. The van der Waals surface area contributed by atoms with Crippen LogP contribution in [0.2, 0.25) is 0 Å². The molecule has 3 heterocycles. The van der Waals surface area contributed by atoms with E-state index in [2.05, 4.69) is 10.5 Å². The molecule has 3 aliphatic rings. The van der Waals surface area contributed by atoms with Crippen molar-refractivity contribution in [2.75, 3.05) is 26.3 Å². The van der Waals surface area contributed by atoms with Crippen LogP contribution in [0.4, 0.5) is 8.78 Å². The first-order valence-corrected chi connectivity index (χ1v) is 10.9. The van der Waals surface area contributed by atoms with Crippen molar-refractivity contribution >= 4 is 11.5 Å². The number of hydrogen-bond donors (Lipinski definition) is 1. The molecule has 2 saturated heterocycles. The van der Waals surface area contributed by atoms with Crippen molar-refractivity contribution in [3.63, 3.8) is 0 Å². The maximum atomic E-state index is 13.4. The Morgan fingerprint density at radius 1 is 1.12 bits per heavy atom. The van der Waals surface area contributed by atoms with Crippen LogP contribution in [0, 0.1) is 0 Å². The largest absolute Gasteiger partial charge is 0.474 e. The molecule has 0 bridgehead atoms. The SMILES string of the molecule is O=C(c1ccccc1)[C@]1(Oc2cc(C3=NOC4(CCOC4)C3)ccc2OC(F)F)CCNC1. The highest BCUT2D eigenvalue weighted by atomic mass is 19.3. The highest BCUT2D eigenvalue weighted by Crippen LogP contribution is 2.39. The number of Topliss-reactive ketones (excluding diaryl/α,β-unsaturated/α-hetero) is 1. The van der Waals surface area contributed by atoms with Crippen molar-refractivity contribution in [1.82, 2.24) is 5.32 Å². The van der Waals surface area contributed by atoms with E-state index >= 15 is 0 Å². The quantitative estimate of drug-likeness (QED) is 0.640. The molecule has 174 valence electrons. The maximum absolute atomic E-state index is 13.4. The third-order valence-electron chi connectivity index (χ3n) is 6.27. The number of carbonyl (C=O) groups excluding carboxylic acids is 1. The molecule has 9 heteroatoms. The molecule has 3 aliphatic heterocycles. The number of ether oxygens (including phenoxy) is 3. The first-order chi connectivity index (χ1) is 16.0. The first kappa shape index (κ1) is 21.8. The highest BCUT2D eigenvalue weighted by Gasteiger charge is 2.46. The third kappa shape index (κ3) is 4.30. The van der Waals surface area contributed by atoms with E-state index in [1.165, 1.54) is 6.07 Å². The van der Waals surface area contributed by atoms with Crippen LogP contribution in [0.3, 0.4) is 0 Å². The standard InChI is InChI=1S/C24H24F2N2O5/c25-22(26)31-19-7-6-17(18-13-23(33-28-18)9-11-30-15-23)12-20(19)32-24(8-10-27-14-24)21(29)16-4-2-1-3-5-16/h1-7,12,22,27H,8-11,13-15H2/t23?,24-/m0/s1. The topological polar surface area (TPSA) is 78.4 Å². The molecule has 7 nitrogen and oxygen atoms in total. The van der Waals surface area contributed by atoms with Crippen molar-refractivity contribution < 1.29 is 32.6 Å². The number of carbonyl (C=O) groups is 1. The molecule has 0 aliphatic carbocycles. The van der Waals surface area contributed by atoms with Crippen molar-refractivity contribution in [3.8, 4) is 11.5 Å². The summed E-state index contributed by atoms with van der Waals surface area (Å²) in [6.07, 6.45) is 1.66. The summed E-state index contributed by atoms with van der Waals surface area (Å²) in [7, 11) is 0. The lowest BCUT2D eigenvalue weighted by Gasteiger charge is -2.29. The number of nitrogens with zero attached hydrogens (tertiary/aromatic N) is 1. The summed E-state index contributed by atoms with van der Waals surface area (Å²) in [5.74, 6) is -0.295. The Balaban J connectivity index is 1.47. The molecular weight excluding hydrogens is 434 g/mol. The monoisotopic (exact) mass is 458 g/mol. The third-order valence-corrected chi connectivity index (χ3v) is 6.27. The molecule has 0 radical (unpaired) electrons. The van der Waals surface area contributed by atoms with Crippen LogP contribution in [0.1, 0.15) is 35.2 Å². The van der Waals surface area contributed by atoms with Gasteiger partial charge in [-0.15, -0.1) is 0 Å². The van der Waals surface area contributed by atoms with Crippen LogP contribution in [0.25, 0.3) is 0 Å². The number of oxime groups is 1. The number of hydrogen-bond acceptors (Lipinski definition) is 7. The number of benzene rings is 2. The fraction of sp³-hybridized carbons (Fsp3) is 0.417. The van der Waals surface area contributed by atoms with Gasteiger partial charge in [0.1, 0.15) is 0 Å². The molecule has 2 aromatic carbocycles.